The van der Waals surface area contributed by atoms with E-state index in [4.69, 9.17) is 27.9 Å². The van der Waals surface area contributed by atoms with Crippen molar-refractivity contribution in [3.63, 3.8) is 0 Å². The summed E-state index contributed by atoms with van der Waals surface area (Å²) in [4.78, 5) is 29.5. The topological polar surface area (TPSA) is 59.5 Å². The quantitative estimate of drug-likeness (QED) is 0.330. The van der Waals surface area contributed by atoms with E-state index in [2.05, 4.69) is 4.98 Å². The molecule has 0 aliphatic heterocycles. The standard InChI is InChI=1S/C21H15Cl2FN2O3S/c1-13(27)26(19-5-3-2-4-18(19)24)21-25-15(12-30-21)11-29-20(28)9-7-14-6-8-16(22)17(23)10-14/h2-10,12H,11H2,1H3/b9-7+. The number of nitrogens with zero attached hydrogens (tertiary/aromatic N) is 2. The predicted octanol–water partition coefficient (Wildman–Crippen LogP) is 6.03. The van der Waals surface area contributed by atoms with Gasteiger partial charge in [0.2, 0.25) is 5.91 Å². The summed E-state index contributed by atoms with van der Waals surface area (Å²) in [6.45, 7) is 1.23. The summed E-state index contributed by atoms with van der Waals surface area (Å²) in [6, 6.07) is 10.9. The van der Waals surface area contributed by atoms with Gasteiger partial charge in [-0.15, -0.1) is 11.3 Å². The van der Waals surface area contributed by atoms with Crippen LogP contribution in [0.4, 0.5) is 15.2 Å². The van der Waals surface area contributed by atoms with Gasteiger partial charge in [0.15, 0.2) is 5.13 Å². The van der Waals surface area contributed by atoms with E-state index >= 15 is 0 Å². The van der Waals surface area contributed by atoms with Gasteiger partial charge in [-0.2, -0.15) is 0 Å². The Hall–Kier alpha value is -2.74. The lowest BCUT2D eigenvalue weighted by atomic mass is 10.2. The van der Waals surface area contributed by atoms with Crippen LogP contribution >= 0.6 is 34.5 Å². The van der Waals surface area contributed by atoms with Crippen molar-refractivity contribution in [2.45, 2.75) is 13.5 Å². The third kappa shape index (κ3) is 5.44. The minimum Gasteiger partial charge on any atom is -0.456 e. The lowest BCUT2D eigenvalue weighted by Crippen LogP contribution is -2.23. The molecule has 9 heteroatoms. The van der Waals surface area contributed by atoms with E-state index in [1.54, 1.807) is 35.7 Å². The number of ether oxygens (including phenoxy) is 1. The van der Waals surface area contributed by atoms with Crippen molar-refractivity contribution >= 4 is 63.3 Å². The lowest BCUT2D eigenvalue weighted by molar-refractivity contribution is -0.139. The van der Waals surface area contributed by atoms with Gasteiger partial charge >= 0.3 is 5.97 Å². The third-order valence-corrected chi connectivity index (χ3v) is 5.47. The van der Waals surface area contributed by atoms with Crippen LogP contribution in [0.25, 0.3) is 6.08 Å². The van der Waals surface area contributed by atoms with E-state index in [-0.39, 0.29) is 23.3 Å². The molecule has 0 saturated heterocycles. The first kappa shape index (κ1) is 22.0. The molecule has 0 atom stereocenters. The number of hydrogen-bond acceptors (Lipinski definition) is 5. The summed E-state index contributed by atoms with van der Waals surface area (Å²) >= 11 is 12.9. The number of esters is 1. The molecule has 1 aromatic heterocycles. The summed E-state index contributed by atoms with van der Waals surface area (Å²) in [5.74, 6) is -1.50. The Morgan fingerprint density at radius 2 is 1.97 bits per heavy atom. The summed E-state index contributed by atoms with van der Waals surface area (Å²) in [5.41, 5.74) is 1.24. The van der Waals surface area contributed by atoms with Crippen molar-refractivity contribution in [2.24, 2.45) is 0 Å². The van der Waals surface area contributed by atoms with Crippen molar-refractivity contribution in [1.82, 2.24) is 4.98 Å². The van der Waals surface area contributed by atoms with Crippen molar-refractivity contribution in [3.05, 3.63) is 81.0 Å². The van der Waals surface area contributed by atoms with Crippen LogP contribution in [0.5, 0.6) is 0 Å². The molecule has 0 bridgehead atoms. The van der Waals surface area contributed by atoms with E-state index in [9.17, 15) is 14.0 Å². The van der Waals surface area contributed by atoms with E-state index in [0.29, 0.717) is 21.3 Å². The van der Waals surface area contributed by atoms with Gasteiger partial charge in [0.05, 0.1) is 21.4 Å². The molecule has 0 fully saturated rings. The molecule has 0 saturated carbocycles. The van der Waals surface area contributed by atoms with Gasteiger partial charge in [0, 0.05) is 18.4 Å². The van der Waals surface area contributed by atoms with Crippen molar-refractivity contribution < 1.29 is 18.7 Å². The first-order chi connectivity index (χ1) is 14.3. The van der Waals surface area contributed by atoms with E-state index in [1.165, 1.54) is 36.1 Å². The molecular formula is C21H15Cl2FN2O3S. The van der Waals surface area contributed by atoms with Crippen LogP contribution in [0.15, 0.2) is 53.9 Å². The SMILES string of the molecule is CC(=O)N(c1nc(COC(=O)/C=C/c2ccc(Cl)c(Cl)c2)cs1)c1ccccc1F. The fourth-order valence-electron chi connectivity index (χ4n) is 2.48. The highest BCUT2D eigenvalue weighted by molar-refractivity contribution is 7.14. The maximum atomic E-state index is 14.1. The lowest BCUT2D eigenvalue weighted by Gasteiger charge is -2.18. The second-order valence-corrected chi connectivity index (χ2v) is 7.69. The van der Waals surface area contributed by atoms with Gasteiger partial charge in [-0.1, -0.05) is 41.4 Å². The van der Waals surface area contributed by atoms with Gasteiger partial charge in [-0.25, -0.2) is 14.2 Å². The molecule has 0 aliphatic carbocycles. The number of carbonyl (C=O) groups excluding carboxylic acids is 2. The third-order valence-electron chi connectivity index (χ3n) is 3.86. The van der Waals surface area contributed by atoms with Gasteiger partial charge in [-0.05, 0) is 35.9 Å². The fraction of sp³-hybridized carbons (Fsp3) is 0.0952. The van der Waals surface area contributed by atoms with Crippen molar-refractivity contribution in [2.75, 3.05) is 4.90 Å². The Labute approximate surface area is 186 Å². The molecule has 0 N–H and O–H groups in total. The molecule has 1 amide bonds. The number of anilines is 2. The molecule has 30 heavy (non-hydrogen) atoms. The van der Waals surface area contributed by atoms with Crippen LogP contribution in [0.1, 0.15) is 18.2 Å². The van der Waals surface area contributed by atoms with E-state index < -0.39 is 11.8 Å². The Morgan fingerprint density at radius 3 is 2.67 bits per heavy atom. The second kappa shape index (κ2) is 9.84. The Balaban J connectivity index is 1.65. The number of thiazole rings is 1. The van der Waals surface area contributed by atoms with Crippen molar-refractivity contribution in [3.8, 4) is 0 Å². The minimum absolute atomic E-state index is 0.0932. The second-order valence-electron chi connectivity index (χ2n) is 6.04. The fourth-order valence-corrected chi connectivity index (χ4v) is 3.65. The highest BCUT2D eigenvalue weighted by Crippen LogP contribution is 2.31. The van der Waals surface area contributed by atoms with Crippen LogP contribution in [0.3, 0.4) is 0 Å². The van der Waals surface area contributed by atoms with Gasteiger partial charge in [0.25, 0.3) is 0 Å². The minimum atomic E-state index is -0.576. The predicted molar refractivity (Wildman–Crippen MR) is 117 cm³/mol. The van der Waals surface area contributed by atoms with E-state index in [0.717, 1.165) is 11.3 Å². The van der Waals surface area contributed by atoms with Crippen LogP contribution in [-0.2, 0) is 20.9 Å². The number of benzene rings is 2. The summed E-state index contributed by atoms with van der Waals surface area (Å²) in [7, 11) is 0. The molecule has 1 heterocycles. The number of para-hydroxylation sites is 1. The average molecular weight is 465 g/mol. The Bertz CT molecular complexity index is 1120. The van der Waals surface area contributed by atoms with Crippen LogP contribution in [-0.4, -0.2) is 16.9 Å². The molecular weight excluding hydrogens is 450 g/mol. The molecule has 0 spiro atoms. The maximum Gasteiger partial charge on any atom is 0.331 e. The molecule has 0 aliphatic rings. The highest BCUT2D eigenvalue weighted by atomic mass is 35.5. The molecule has 0 radical (unpaired) electrons. The first-order valence-electron chi connectivity index (χ1n) is 8.64. The summed E-state index contributed by atoms with van der Waals surface area (Å²) in [5, 5.41) is 2.73. The molecule has 5 nitrogen and oxygen atoms in total. The Morgan fingerprint density at radius 1 is 1.20 bits per heavy atom. The Kier molecular flexibility index (Phi) is 7.20. The number of hydrogen-bond donors (Lipinski definition) is 0. The van der Waals surface area contributed by atoms with Gasteiger partial charge in [-0.3, -0.25) is 9.69 Å². The zero-order valence-corrected chi connectivity index (χ0v) is 18.0. The molecule has 0 unspecified atom stereocenters. The molecule has 3 rings (SSSR count). The number of carbonyl (C=O) groups is 2. The summed E-state index contributed by atoms with van der Waals surface area (Å²) < 4.78 is 19.3. The molecule has 154 valence electrons. The zero-order valence-electron chi connectivity index (χ0n) is 15.6. The highest BCUT2D eigenvalue weighted by Gasteiger charge is 2.21. The average Bonchev–Trinajstić information content (AvgIpc) is 3.17. The van der Waals surface area contributed by atoms with Crippen LogP contribution in [0.2, 0.25) is 10.0 Å². The molecule has 3 aromatic rings. The summed E-state index contributed by atoms with van der Waals surface area (Å²) in [6.07, 6.45) is 2.81. The van der Waals surface area contributed by atoms with Crippen molar-refractivity contribution in [1.29, 1.82) is 0 Å². The van der Waals surface area contributed by atoms with Gasteiger partial charge in [0.1, 0.15) is 12.4 Å². The number of amides is 1. The number of rotatable bonds is 6. The van der Waals surface area contributed by atoms with Gasteiger partial charge < -0.3 is 4.74 Å². The van der Waals surface area contributed by atoms with Crippen LogP contribution in [0, 0.1) is 5.82 Å². The normalized spacial score (nSPS) is 10.9. The monoisotopic (exact) mass is 464 g/mol. The van der Waals surface area contributed by atoms with E-state index in [1.807, 2.05) is 0 Å². The smallest absolute Gasteiger partial charge is 0.331 e. The van der Waals surface area contributed by atoms with Crippen LogP contribution < -0.4 is 4.90 Å². The zero-order chi connectivity index (χ0) is 21.7. The largest absolute Gasteiger partial charge is 0.456 e. The maximum absolute atomic E-state index is 14.1. The number of aromatic nitrogens is 1. The first-order valence-corrected chi connectivity index (χ1v) is 10.3. The number of halogens is 3. The molecule has 2 aromatic carbocycles.